The smallest absolute Gasteiger partial charge is 0.261 e. The van der Waals surface area contributed by atoms with Crippen molar-refractivity contribution in [2.45, 2.75) is 42.4 Å². The highest BCUT2D eigenvalue weighted by Crippen LogP contribution is 2.57. The van der Waals surface area contributed by atoms with Crippen molar-refractivity contribution in [1.29, 1.82) is 0 Å². The topological polar surface area (TPSA) is 73.4 Å². The SMILES string of the molecule is CN(C)C1(c2cccc(F)c2)CCC2(CC1)SCCc1c2[nH]c2ccccc12.CS(=O)(=O)O. The number of halogens is 1. The summed E-state index contributed by atoms with van der Waals surface area (Å²) >= 11 is 2.13. The molecule has 0 saturated heterocycles. The van der Waals surface area contributed by atoms with Gasteiger partial charge in [-0.25, -0.2) is 4.39 Å². The number of nitrogens with zero attached hydrogens (tertiary/aromatic N) is 1. The Kier molecular flexibility index (Phi) is 6.66. The van der Waals surface area contributed by atoms with Crippen molar-refractivity contribution in [1.82, 2.24) is 9.88 Å². The van der Waals surface area contributed by atoms with Crippen LogP contribution in [0.3, 0.4) is 0 Å². The van der Waals surface area contributed by atoms with Crippen molar-refractivity contribution in [2.75, 3.05) is 26.1 Å². The highest BCUT2D eigenvalue weighted by molar-refractivity contribution is 8.00. The number of fused-ring (bicyclic) bond motifs is 4. The largest absolute Gasteiger partial charge is 0.357 e. The Balaban J connectivity index is 0.000000471. The molecular formula is C25H31FN2O3S2. The third-order valence-corrected chi connectivity index (χ3v) is 8.68. The van der Waals surface area contributed by atoms with Crippen molar-refractivity contribution < 1.29 is 17.4 Å². The van der Waals surface area contributed by atoms with Crippen molar-refractivity contribution in [3.05, 3.63) is 71.2 Å². The number of hydrogen-bond acceptors (Lipinski definition) is 4. The lowest BCUT2D eigenvalue weighted by Gasteiger charge is -2.50. The summed E-state index contributed by atoms with van der Waals surface area (Å²) in [6.07, 6.45) is 6.19. The van der Waals surface area contributed by atoms with E-state index in [9.17, 15) is 12.8 Å². The minimum atomic E-state index is -3.67. The molecule has 0 radical (unpaired) electrons. The number of aromatic amines is 1. The Hall–Kier alpha value is -1.87. The maximum atomic E-state index is 14.0. The van der Waals surface area contributed by atoms with Crippen LogP contribution in [0.15, 0.2) is 48.5 Å². The van der Waals surface area contributed by atoms with E-state index in [0.717, 1.165) is 37.7 Å². The zero-order valence-corrected chi connectivity index (χ0v) is 20.9. The molecule has 2 heterocycles. The van der Waals surface area contributed by atoms with Crippen LogP contribution in [0.4, 0.5) is 4.39 Å². The van der Waals surface area contributed by atoms with Gasteiger partial charge in [-0.2, -0.15) is 8.42 Å². The second kappa shape index (κ2) is 9.06. The summed E-state index contributed by atoms with van der Waals surface area (Å²) in [6.45, 7) is 0. The molecule has 8 heteroatoms. The number of thioether (sulfide) groups is 1. The summed E-state index contributed by atoms with van der Waals surface area (Å²) in [4.78, 5) is 6.10. The summed E-state index contributed by atoms with van der Waals surface area (Å²) in [5.74, 6) is 1.05. The zero-order valence-electron chi connectivity index (χ0n) is 19.3. The lowest BCUT2D eigenvalue weighted by molar-refractivity contribution is 0.0836. The molecule has 1 spiro atoms. The summed E-state index contributed by atoms with van der Waals surface area (Å²) < 4.78 is 40.0. The first kappa shape index (κ1) is 24.3. The standard InChI is InChI=1S/C24H27FN2S.CH4O3S/c1-27(2)23(17-6-5-7-18(25)16-17)11-13-24(14-12-23)22-20(10-15-28-24)19-8-3-4-9-21(19)26-22;1-5(2,3)4/h3-9,16,26H,10-15H2,1-2H3;1H3,(H,2,3,4). The van der Waals surface area contributed by atoms with Crippen LogP contribution in [-0.2, 0) is 26.8 Å². The Labute approximate surface area is 199 Å². The van der Waals surface area contributed by atoms with E-state index < -0.39 is 10.1 Å². The maximum Gasteiger partial charge on any atom is 0.261 e. The van der Waals surface area contributed by atoms with Gasteiger partial charge in [-0.05, 0) is 81.3 Å². The van der Waals surface area contributed by atoms with Crippen molar-refractivity contribution in [3.63, 3.8) is 0 Å². The van der Waals surface area contributed by atoms with E-state index in [1.807, 2.05) is 6.07 Å². The molecule has 0 bridgehead atoms. The van der Waals surface area contributed by atoms with Gasteiger partial charge in [-0.1, -0.05) is 30.3 Å². The van der Waals surface area contributed by atoms with Crippen LogP contribution in [0.5, 0.6) is 0 Å². The van der Waals surface area contributed by atoms with Gasteiger partial charge in [0, 0.05) is 22.1 Å². The van der Waals surface area contributed by atoms with E-state index in [2.05, 4.69) is 66.1 Å². The van der Waals surface area contributed by atoms with Crippen molar-refractivity contribution >= 4 is 32.8 Å². The van der Waals surface area contributed by atoms with Gasteiger partial charge in [0.05, 0.1) is 11.0 Å². The van der Waals surface area contributed by atoms with Gasteiger partial charge in [0.15, 0.2) is 0 Å². The first-order valence-corrected chi connectivity index (χ1v) is 14.0. The average molecular weight is 491 g/mol. The van der Waals surface area contributed by atoms with Crippen LogP contribution < -0.4 is 0 Å². The van der Waals surface area contributed by atoms with Gasteiger partial charge >= 0.3 is 0 Å². The number of H-pyrrole nitrogens is 1. The fourth-order valence-corrected chi connectivity index (χ4v) is 7.01. The van der Waals surface area contributed by atoms with Gasteiger partial charge in [0.1, 0.15) is 5.82 Å². The molecule has 1 saturated carbocycles. The zero-order chi connectivity index (χ0) is 23.9. The molecule has 1 aliphatic heterocycles. The Morgan fingerprint density at radius 2 is 1.73 bits per heavy atom. The molecule has 1 fully saturated rings. The fraction of sp³-hybridized carbons (Fsp3) is 0.440. The second-order valence-electron chi connectivity index (χ2n) is 9.29. The molecule has 2 aromatic carbocycles. The number of nitrogens with one attached hydrogen (secondary N) is 1. The van der Waals surface area contributed by atoms with Crippen LogP contribution in [0.1, 0.15) is 42.5 Å². The molecule has 2 N–H and O–H groups in total. The Morgan fingerprint density at radius 1 is 1.06 bits per heavy atom. The molecule has 2 aliphatic rings. The van der Waals surface area contributed by atoms with Gasteiger partial charge < -0.3 is 4.98 Å². The molecule has 3 aromatic rings. The maximum absolute atomic E-state index is 14.0. The lowest BCUT2D eigenvalue weighted by Crippen LogP contribution is -2.48. The van der Waals surface area contributed by atoms with Crippen molar-refractivity contribution in [3.8, 4) is 0 Å². The summed E-state index contributed by atoms with van der Waals surface area (Å²) in [6, 6.07) is 16.0. The first-order valence-electron chi connectivity index (χ1n) is 11.1. The summed E-state index contributed by atoms with van der Waals surface area (Å²) in [5.41, 5.74) is 5.28. The van der Waals surface area contributed by atoms with Crippen LogP contribution >= 0.6 is 11.8 Å². The van der Waals surface area contributed by atoms with E-state index in [4.69, 9.17) is 4.55 Å². The second-order valence-corrected chi connectivity index (χ2v) is 12.2. The molecular weight excluding hydrogens is 459 g/mol. The molecule has 1 aliphatic carbocycles. The molecule has 0 unspecified atom stereocenters. The van der Waals surface area contributed by atoms with E-state index in [1.165, 1.54) is 27.9 Å². The first-order chi connectivity index (χ1) is 15.5. The van der Waals surface area contributed by atoms with Crippen LogP contribution in [0.25, 0.3) is 10.9 Å². The van der Waals surface area contributed by atoms with Crippen molar-refractivity contribution in [2.24, 2.45) is 0 Å². The Bertz CT molecular complexity index is 1240. The third kappa shape index (κ3) is 4.85. The van der Waals surface area contributed by atoms with Gasteiger partial charge in [-0.15, -0.1) is 11.8 Å². The number of rotatable bonds is 2. The monoisotopic (exact) mass is 490 g/mol. The molecule has 33 heavy (non-hydrogen) atoms. The minimum Gasteiger partial charge on any atom is -0.357 e. The summed E-state index contributed by atoms with van der Waals surface area (Å²) in [5, 5.41) is 1.40. The van der Waals surface area contributed by atoms with Gasteiger partial charge in [0.25, 0.3) is 10.1 Å². The van der Waals surface area contributed by atoms with E-state index in [-0.39, 0.29) is 16.1 Å². The fourth-order valence-electron chi connectivity index (χ4n) is 5.50. The van der Waals surface area contributed by atoms with E-state index in [1.54, 1.807) is 12.1 Å². The number of hydrogen-bond donors (Lipinski definition) is 2. The number of aryl methyl sites for hydroxylation is 1. The molecule has 5 nitrogen and oxygen atoms in total. The lowest BCUT2D eigenvalue weighted by atomic mass is 9.70. The van der Waals surface area contributed by atoms with Gasteiger partial charge in [0.2, 0.25) is 0 Å². The Morgan fingerprint density at radius 3 is 2.36 bits per heavy atom. The van der Waals surface area contributed by atoms with E-state index in [0.29, 0.717) is 6.26 Å². The predicted octanol–water partition coefficient (Wildman–Crippen LogP) is 5.33. The van der Waals surface area contributed by atoms with Gasteiger partial charge in [-0.3, -0.25) is 9.45 Å². The molecule has 178 valence electrons. The highest BCUT2D eigenvalue weighted by atomic mass is 32.2. The molecule has 5 rings (SSSR count). The number of aromatic nitrogens is 1. The molecule has 1 aromatic heterocycles. The number of para-hydroxylation sites is 1. The molecule has 0 amide bonds. The normalized spacial score (nSPS) is 25.0. The quantitative estimate of drug-likeness (QED) is 0.475. The highest BCUT2D eigenvalue weighted by Gasteiger charge is 2.48. The van der Waals surface area contributed by atoms with Crippen LogP contribution in [0, 0.1) is 5.82 Å². The third-order valence-electron chi connectivity index (χ3n) is 7.10. The average Bonchev–Trinajstić information content (AvgIpc) is 3.14. The predicted molar refractivity (Wildman–Crippen MR) is 134 cm³/mol. The molecule has 0 atom stereocenters. The number of benzene rings is 2. The van der Waals surface area contributed by atoms with Crippen LogP contribution in [-0.4, -0.2) is 49.0 Å². The minimum absolute atomic E-state index is 0.0858. The van der Waals surface area contributed by atoms with E-state index >= 15 is 0 Å². The van der Waals surface area contributed by atoms with Crippen LogP contribution in [0.2, 0.25) is 0 Å². The summed E-state index contributed by atoms with van der Waals surface area (Å²) in [7, 11) is 0.622.